The lowest BCUT2D eigenvalue weighted by Crippen LogP contribution is -2.44. The van der Waals surface area contributed by atoms with Crippen molar-refractivity contribution >= 4 is 5.91 Å². The Morgan fingerprint density at radius 2 is 2.32 bits per heavy atom. The van der Waals surface area contributed by atoms with E-state index < -0.39 is 0 Å². The summed E-state index contributed by atoms with van der Waals surface area (Å²) in [6, 6.07) is 3.84. The second-order valence-electron chi connectivity index (χ2n) is 4.73. The predicted molar refractivity (Wildman–Crippen MR) is 76.6 cm³/mol. The highest BCUT2D eigenvalue weighted by Gasteiger charge is 2.25. The number of rotatable bonds is 7. The van der Waals surface area contributed by atoms with Gasteiger partial charge in [0.05, 0.1) is 12.6 Å². The van der Waals surface area contributed by atoms with Gasteiger partial charge in [-0.25, -0.2) is 0 Å². The Labute approximate surface area is 115 Å². The summed E-state index contributed by atoms with van der Waals surface area (Å²) >= 11 is 0. The van der Waals surface area contributed by atoms with E-state index in [0.717, 1.165) is 18.5 Å². The molecule has 5 heteroatoms. The predicted octanol–water partition coefficient (Wildman–Crippen LogP) is 0.928. The second kappa shape index (κ2) is 7.86. The first-order valence-corrected chi connectivity index (χ1v) is 6.70. The zero-order valence-corrected chi connectivity index (χ0v) is 12.0. The first kappa shape index (κ1) is 15.6. The Balaban J connectivity index is 2.95. The summed E-state index contributed by atoms with van der Waals surface area (Å²) in [6.07, 6.45) is 4.53. The van der Waals surface area contributed by atoms with E-state index in [1.807, 2.05) is 25.3 Å². The number of likely N-dealkylation sites (N-methyl/N-ethyl adjacent to an activating group) is 1. The number of nitrogens with zero attached hydrogens (tertiary/aromatic N) is 2. The number of nitrogens with two attached hydrogens (primary N) is 1. The molecule has 0 saturated heterocycles. The summed E-state index contributed by atoms with van der Waals surface area (Å²) in [5.74, 6) is 0.00277. The Morgan fingerprint density at radius 3 is 2.79 bits per heavy atom. The van der Waals surface area contributed by atoms with Crippen LogP contribution < -0.4 is 11.1 Å². The van der Waals surface area contributed by atoms with E-state index in [4.69, 9.17) is 5.73 Å². The average molecular weight is 264 g/mol. The van der Waals surface area contributed by atoms with Gasteiger partial charge in [0.2, 0.25) is 5.91 Å². The Morgan fingerprint density at radius 1 is 1.58 bits per heavy atom. The lowest BCUT2D eigenvalue weighted by atomic mass is 10.0. The van der Waals surface area contributed by atoms with Gasteiger partial charge in [-0.15, -0.1) is 0 Å². The number of pyridine rings is 1. The molecule has 0 spiro atoms. The van der Waals surface area contributed by atoms with Gasteiger partial charge in [-0.05, 0) is 31.5 Å². The zero-order chi connectivity index (χ0) is 14.3. The lowest BCUT2D eigenvalue weighted by Gasteiger charge is -2.33. The molecule has 0 aliphatic carbocycles. The van der Waals surface area contributed by atoms with Crippen LogP contribution in [0.15, 0.2) is 24.5 Å². The van der Waals surface area contributed by atoms with Crippen LogP contribution in [-0.4, -0.2) is 42.0 Å². The third-order valence-electron chi connectivity index (χ3n) is 3.05. The summed E-state index contributed by atoms with van der Waals surface area (Å²) in [5.41, 5.74) is 7.17. The number of carbonyl (C=O) groups excluding carboxylic acids is 1. The van der Waals surface area contributed by atoms with Crippen molar-refractivity contribution in [1.82, 2.24) is 15.2 Å². The first-order chi connectivity index (χ1) is 9.10. The highest BCUT2D eigenvalue weighted by Crippen LogP contribution is 2.22. The van der Waals surface area contributed by atoms with Crippen molar-refractivity contribution in [2.45, 2.75) is 32.4 Å². The van der Waals surface area contributed by atoms with E-state index in [0.29, 0.717) is 6.54 Å². The highest BCUT2D eigenvalue weighted by molar-refractivity contribution is 5.77. The van der Waals surface area contributed by atoms with E-state index >= 15 is 0 Å². The summed E-state index contributed by atoms with van der Waals surface area (Å²) in [6.45, 7) is 5.24. The number of hydrogen-bond acceptors (Lipinski definition) is 4. The molecule has 0 radical (unpaired) electrons. The molecule has 0 aliphatic rings. The number of hydrogen-bond donors (Lipinski definition) is 2. The molecule has 1 rings (SSSR count). The smallest absolute Gasteiger partial charge is 0.233 e. The van der Waals surface area contributed by atoms with E-state index in [-0.39, 0.29) is 18.0 Å². The molecule has 1 aromatic rings. The molecule has 0 aromatic carbocycles. The third-order valence-corrected chi connectivity index (χ3v) is 3.05. The van der Waals surface area contributed by atoms with Crippen LogP contribution in [0.3, 0.4) is 0 Å². The molecule has 0 saturated carbocycles. The van der Waals surface area contributed by atoms with Crippen LogP contribution in [0, 0.1) is 0 Å². The van der Waals surface area contributed by atoms with Gasteiger partial charge in [-0.3, -0.25) is 14.7 Å². The Kier molecular flexibility index (Phi) is 6.45. The van der Waals surface area contributed by atoms with Crippen molar-refractivity contribution in [2.24, 2.45) is 5.73 Å². The minimum atomic E-state index is -0.0691. The molecule has 1 amide bonds. The van der Waals surface area contributed by atoms with Gasteiger partial charge in [-0.2, -0.15) is 0 Å². The fraction of sp³-hybridized carbons (Fsp3) is 0.571. The number of carbonyl (C=O) groups is 1. The quantitative estimate of drug-likeness (QED) is 0.768. The van der Waals surface area contributed by atoms with E-state index in [9.17, 15) is 4.79 Å². The van der Waals surface area contributed by atoms with Crippen molar-refractivity contribution in [2.75, 3.05) is 20.1 Å². The normalized spacial score (nSPS) is 14.2. The van der Waals surface area contributed by atoms with Crippen LogP contribution in [0.1, 0.15) is 31.9 Å². The van der Waals surface area contributed by atoms with Crippen LogP contribution in [0.5, 0.6) is 0 Å². The molecule has 1 aromatic heterocycles. The summed E-state index contributed by atoms with van der Waals surface area (Å²) in [5, 5.41) is 2.66. The molecule has 19 heavy (non-hydrogen) atoms. The maximum atomic E-state index is 11.6. The van der Waals surface area contributed by atoms with Crippen molar-refractivity contribution in [1.29, 1.82) is 0 Å². The molecule has 106 valence electrons. The van der Waals surface area contributed by atoms with Crippen molar-refractivity contribution < 1.29 is 4.79 Å². The number of nitrogens with one attached hydrogen (secondary N) is 1. The summed E-state index contributed by atoms with van der Waals surface area (Å²) < 4.78 is 0. The fourth-order valence-electron chi connectivity index (χ4n) is 2.27. The monoisotopic (exact) mass is 264 g/mol. The maximum absolute atomic E-state index is 11.6. The summed E-state index contributed by atoms with van der Waals surface area (Å²) in [7, 11) is 1.65. The van der Waals surface area contributed by atoms with Gasteiger partial charge in [0.25, 0.3) is 0 Å². The van der Waals surface area contributed by atoms with Gasteiger partial charge < -0.3 is 11.1 Å². The number of aromatic nitrogens is 1. The molecule has 2 atom stereocenters. The van der Waals surface area contributed by atoms with Gasteiger partial charge in [0, 0.05) is 25.5 Å². The van der Waals surface area contributed by atoms with Gasteiger partial charge in [0.15, 0.2) is 0 Å². The minimum Gasteiger partial charge on any atom is -0.358 e. The summed E-state index contributed by atoms with van der Waals surface area (Å²) in [4.78, 5) is 17.9. The van der Waals surface area contributed by atoms with Crippen LogP contribution in [0.25, 0.3) is 0 Å². The first-order valence-electron chi connectivity index (χ1n) is 6.70. The molecule has 5 nitrogen and oxygen atoms in total. The average Bonchev–Trinajstić information content (AvgIpc) is 2.39. The topological polar surface area (TPSA) is 71.2 Å². The Bertz CT molecular complexity index is 380. The number of amides is 1. The van der Waals surface area contributed by atoms with Gasteiger partial charge in [0.1, 0.15) is 0 Å². The Hall–Kier alpha value is -1.46. The largest absolute Gasteiger partial charge is 0.358 e. The SMILES string of the molecule is CCCN(CC(=O)NC)C(c1cccnc1)C(C)N. The van der Waals surface area contributed by atoms with Crippen LogP contribution in [-0.2, 0) is 4.79 Å². The van der Waals surface area contributed by atoms with Crippen LogP contribution in [0.4, 0.5) is 0 Å². The molecule has 0 bridgehead atoms. The minimum absolute atomic E-state index is 0.00277. The molecule has 3 N–H and O–H groups in total. The van der Waals surface area contributed by atoms with Crippen molar-refractivity contribution in [3.63, 3.8) is 0 Å². The van der Waals surface area contributed by atoms with Gasteiger partial charge >= 0.3 is 0 Å². The van der Waals surface area contributed by atoms with E-state index in [2.05, 4.69) is 22.1 Å². The molecule has 0 fully saturated rings. The molecular weight excluding hydrogens is 240 g/mol. The van der Waals surface area contributed by atoms with E-state index in [1.54, 1.807) is 13.2 Å². The van der Waals surface area contributed by atoms with Crippen LogP contribution in [0.2, 0.25) is 0 Å². The standard InChI is InChI=1S/C14H24N4O/c1-4-8-18(10-13(19)16-3)14(11(2)15)12-6-5-7-17-9-12/h5-7,9,11,14H,4,8,10,15H2,1-3H3,(H,16,19). The molecule has 1 heterocycles. The zero-order valence-electron chi connectivity index (χ0n) is 12.0. The van der Waals surface area contributed by atoms with Crippen molar-refractivity contribution in [3.05, 3.63) is 30.1 Å². The molecule has 2 unspecified atom stereocenters. The molecular formula is C14H24N4O. The lowest BCUT2D eigenvalue weighted by molar-refractivity contribution is -0.122. The van der Waals surface area contributed by atoms with E-state index in [1.165, 1.54) is 0 Å². The van der Waals surface area contributed by atoms with Crippen LogP contribution >= 0.6 is 0 Å². The second-order valence-corrected chi connectivity index (χ2v) is 4.73. The fourth-order valence-corrected chi connectivity index (χ4v) is 2.27. The molecule has 0 aliphatic heterocycles. The maximum Gasteiger partial charge on any atom is 0.233 e. The third kappa shape index (κ3) is 4.61. The van der Waals surface area contributed by atoms with Crippen molar-refractivity contribution in [3.8, 4) is 0 Å². The highest BCUT2D eigenvalue weighted by atomic mass is 16.1. The van der Waals surface area contributed by atoms with Gasteiger partial charge in [-0.1, -0.05) is 13.0 Å².